The van der Waals surface area contributed by atoms with E-state index in [9.17, 15) is 14.4 Å². The Labute approximate surface area is 157 Å². The van der Waals surface area contributed by atoms with Gasteiger partial charge >= 0.3 is 5.97 Å². The monoisotopic (exact) mass is 366 g/mol. The van der Waals surface area contributed by atoms with Crippen LogP contribution < -0.4 is 10.6 Å². The fraction of sp³-hybridized carbons (Fsp3) is 0.286. The third-order valence-electron chi connectivity index (χ3n) is 4.44. The van der Waals surface area contributed by atoms with E-state index in [1.807, 2.05) is 18.2 Å². The molecular weight excluding hydrogens is 344 g/mol. The molecule has 0 saturated carbocycles. The Hall–Kier alpha value is -3.15. The van der Waals surface area contributed by atoms with Crippen LogP contribution in [0, 0.1) is 0 Å². The molecule has 0 bridgehead atoms. The highest BCUT2D eigenvalue weighted by Crippen LogP contribution is 2.21. The average Bonchev–Trinajstić information content (AvgIpc) is 2.70. The van der Waals surface area contributed by atoms with Gasteiger partial charge in [0.25, 0.3) is 5.91 Å². The minimum Gasteiger partial charge on any atom is -0.462 e. The van der Waals surface area contributed by atoms with E-state index in [1.165, 1.54) is 0 Å². The summed E-state index contributed by atoms with van der Waals surface area (Å²) in [5.41, 5.74) is 2.71. The Bertz CT molecular complexity index is 846. The van der Waals surface area contributed by atoms with Crippen molar-refractivity contribution in [1.82, 2.24) is 10.6 Å². The number of amides is 2. The van der Waals surface area contributed by atoms with E-state index in [4.69, 9.17) is 4.74 Å². The lowest BCUT2D eigenvalue weighted by Crippen LogP contribution is -2.50. The molecule has 1 unspecified atom stereocenters. The lowest BCUT2D eigenvalue weighted by molar-refractivity contribution is -0.124. The van der Waals surface area contributed by atoms with Crippen LogP contribution in [0.2, 0.25) is 0 Å². The fourth-order valence-corrected chi connectivity index (χ4v) is 3.00. The molecule has 1 atom stereocenters. The van der Waals surface area contributed by atoms with Crippen molar-refractivity contribution in [3.63, 3.8) is 0 Å². The van der Waals surface area contributed by atoms with Crippen LogP contribution in [0.5, 0.6) is 0 Å². The molecule has 1 saturated heterocycles. The van der Waals surface area contributed by atoms with Gasteiger partial charge < -0.3 is 15.4 Å². The number of hydrogen-bond acceptors (Lipinski definition) is 4. The van der Waals surface area contributed by atoms with Gasteiger partial charge in [0.15, 0.2) is 0 Å². The molecule has 2 N–H and O–H groups in total. The zero-order valence-corrected chi connectivity index (χ0v) is 15.2. The predicted molar refractivity (Wildman–Crippen MR) is 101 cm³/mol. The van der Waals surface area contributed by atoms with E-state index in [2.05, 4.69) is 10.6 Å². The highest BCUT2D eigenvalue weighted by Gasteiger charge is 2.24. The van der Waals surface area contributed by atoms with Gasteiger partial charge in [0.2, 0.25) is 5.91 Å². The Balaban J connectivity index is 1.74. The summed E-state index contributed by atoms with van der Waals surface area (Å²) in [4.78, 5) is 36.1. The Kier molecular flexibility index (Phi) is 5.86. The standard InChI is InChI=1S/C21H22N2O4/c1-2-27-21(26)15-10-8-14(9-11-15)16-5-3-6-17(13-16)19(24)23-18-7-4-12-22-20(18)25/h3,5-6,8-11,13,18H,2,4,7,12H2,1H3,(H,22,25)(H,23,24). The molecule has 27 heavy (non-hydrogen) atoms. The van der Waals surface area contributed by atoms with Crippen molar-refractivity contribution in [3.8, 4) is 11.1 Å². The van der Waals surface area contributed by atoms with Gasteiger partial charge in [0.1, 0.15) is 6.04 Å². The van der Waals surface area contributed by atoms with Crippen molar-refractivity contribution in [2.75, 3.05) is 13.2 Å². The first kappa shape index (κ1) is 18.6. The largest absolute Gasteiger partial charge is 0.462 e. The second-order valence-electron chi connectivity index (χ2n) is 6.34. The van der Waals surface area contributed by atoms with Crippen LogP contribution in [0.25, 0.3) is 11.1 Å². The van der Waals surface area contributed by atoms with Gasteiger partial charge in [-0.2, -0.15) is 0 Å². The van der Waals surface area contributed by atoms with Crippen LogP contribution in [0.3, 0.4) is 0 Å². The lowest BCUT2D eigenvalue weighted by atomic mass is 10.0. The third-order valence-corrected chi connectivity index (χ3v) is 4.44. The number of hydrogen-bond donors (Lipinski definition) is 2. The maximum Gasteiger partial charge on any atom is 0.338 e. The molecular formula is C21H22N2O4. The van der Waals surface area contributed by atoms with Crippen molar-refractivity contribution in [2.45, 2.75) is 25.8 Å². The van der Waals surface area contributed by atoms with Gasteiger partial charge in [-0.15, -0.1) is 0 Å². The summed E-state index contributed by atoms with van der Waals surface area (Å²) in [5.74, 6) is -0.773. The molecule has 0 aromatic heterocycles. The molecule has 2 aromatic rings. The maximum absolute atomic E-state index is 12.5. The molecule has 6 nitrogen and oxygen atoms in total. The van der Waals surface area contributed by atoms with Crippen LogP contribution in [0.4, 0.5) is 0 Å². The SMILES string of the molecule is CCOC(=O)c1ccc(-c2cccc(C(=O)NC3CCCNC3=O)c2)cc1. The van der Waals surface area contributed by atoms with Crippen LogP contribution in [-0.4, -0.2) is 37.0 Å². The fourth-order valence-electron chi connectivity index (χ4n) is 3.00. The van der Waals surface area contributed by atoms with Crippen molar-refractivity contribution in [3.05, 3.63) is 59.7 Å². The van der Waals surface area contributed by atoms with Gasteiger partial charge in [-0.05, 0) is 55.2 Å². The molecule has 2 aromatic carbocycles. The topological polar surface area (TPSA) is 84.5 Å². The third kappa shape index (κ3) is 4.53. The molecule has 1 fully saturated rings. The highest BCUT2D eigenvalue weighted by atomic mass is 16.5. The van der Waals surface area contributed by atoms with Crippen molar-refractivity contribution >= 4 is 17.8 Å². The minimum atomic E-state index is -0.487. The molecule has 2 amide bonds. The summed E-state index contributed by atoms with van der Waals surface area (Å²) in [6.07, 6.45) is 1.50. The Morgan fingerprint density at radius 1 is 1.11 bits per heavy atom. The molecule has 1 heterocycles. The van der Waals surface area contributed by atoms with E-state index in [1.54, 1.807) is 37.3 Å². The number of rotatable bonds is 5. The summed E-state index contributed by atoms with van der Waals surface area (Å²) in [5, 5.41) is 5.55. The number of carbonyl (C=O) groups excluding carboxylic acids is 3. The Morgan fingerprint density at radius 3 is 2.59 bits per heavy atom. The van der Waals surface area contributed by atoms with Crippen molar-refractivity contribution in [1.29, 1.82) is 0 Å². The van der Waals surface area contributed by atoms with Crippen molar-refractivity contribution in [2.24, 2.45) is 0 Å². The molecule has 3 rings (SSSR count). The summed E-state index contributed by atoms with van der Waals surface area (Å²) in [6, 6.07) is 13.7. The van der Waals surface area contributed by atoms with Gasteiger partial charge in [0.05, 0.1) is 12.2 Å². The van der Waals surface area contributed by atoms with Crippen LogP contribution >= 0.6 is 0 Å². The van der Waals surface area contributed by atoms with E-state index in [0.29, 0.717) is 30.7 Å². The molecule has 0 radical (unpaired) electrons. The van der Waals surface area contributed by atoms with Crippen LogP contribution in [0.1, 0.15) is 40.5 Å². The van der Waals surface area contributed by atoms with E-state index in [-0.39, 0.29) is 17.8 Å². The summed E-state index contributed by atoms with van der Waals surface area (Å²) in [7, 11) is 0. The first-order chi connectivity index (χ1) is 13.1. The van der Waals surface area contributed by atoms with E-state index < -0.39 is 6.04 Å². The number of nitrogens with one attached hydrogen (secondary N) is 2. The average molecular weight is 366 g/mol. The van der Waals surface area contributed by atoms with E-state index >= 15 is 0 Å². The second-order valence-corrected chi connectivity index (χ2v) is 6.34. The quantitative estimate of drug-likeness (QED) is 0.797. The second kappa shape index (κ2) is 8.49. The zero-order valence-electron chi connectivity index (χ0n) is 15.2. The van der Waals surface area contributed by atoms with Crippen LogP contribution in [0.15, 0.2) is 48.5 Å². The molecule has 1 aliphatic rings. The first-order valence-corrected chi connectivity index (χ1v) is 9.04. The molecule has 140 valence electrons. The smallest absolute Gasteiger partial charge is 0.338 e. The molecule has 1 aliphatic heterocycles. The summed E-state index contributed by atoms with van der Waals surface area (Å²) >= 11 is 0. The minimum absolute atomic E-state index is 0.139. The maximum atomic E-state index is 12.5. The zero-order chi connectivity index (χ0) is 19.2. The molecule has 0 spiro atoms. The normalized spacial score (nSPS) is 16.3. The van der Waals surface area contributed by atoms with Gasteiger partial charge in [0, 0.05) is 12.1 Å². The number of carbonyl (C=O) groups is 3. The van der Waals surface area contributed by atoms with Crippen molar-refractivity contribution < 1.29 is 19.1 Å². The summed E-state index contributed by atoms with van der Waals surface area (Å²) < 4.78 is 4.98. The van der Waals surface area contributed by atoms with Gasteiger partial charge in [-0.1, -0.05) is 24.3 Å². The molecule has 0 aliphatic carbocycles. The number of esters is 1. The summed E-state index contributed by atoms with van der Waals surface area (Å²) in [6.45, 7) is 2.75. The van der Waals surface area contributed by atoms with Gasteiger partial charge in [-0.3, -0.25) is 9.59 Å². The number of benzene rings is 2. The van der Waals surface area contributed by atoms with Crippen LogP contribution in [-0.2, 0) is 9.53 Å². The Morgan fingerprint density at radius 2 is 1.89 bits per heavy atom. The number of ether oxygens (including phenoxy) is 1. The molecule has 6 heteroatoms. The van der Waals surface area contributed by atoms with E-state index in [0.717, 1.165) is 17.5 Å². The highest BCUT2D eigenvalue weighted by molar-refractivity contribution is 5.98. The number of piperidine rings is 1. The van der Waals surface area contributed by atoms with Gasteiger partial charge in [-0.25, -0.2) is 4.79 Å². The first-order valence-electron chi connectivity index (χ1n) is 9.04. The predicted octanol–water partition coefficient (Wildman–Crippen LogP) is 2.54. The lowest BCUT2D eigenvalue weighted by Gasteiger charge is -2.22.